The predicted octanol–water partition coefficient (Wildman–Crippen LogP) is 3.72. The number of rotatable bonds is 7. The molecule has 0 aliphatic carbocycles. The molecule has 0 bridgehead atoms. The van der Waals surface area contributed by atoms with E-state index in [-0.39, 0.29) is 17.8 Å². The van der Waals surface area contributed by atoms with Gasteiger partial charge in [0.25, 0.3) is 5.69 Å². The van der Waals surface area contributed by atoms with Crippen LogP contribution >= 0.6 is 11.6 Å². The second-order valence-corrected chi connectivity index (χ2v) is 5.78. The lowest BCUT2D eigenvalue weighted by atomic mass is 10.1. The second kappa shape index (κ2) is 8.89. The van der Waals surface area contributed by atoms with Gasteiger partial charge in [-0.05, 0) is 30.7 Å². The summed E-state index contributed by atoms with van der Waals surface area (Å²) in [6.45, 7) is 2.75. The Morgan fingerprint density at radius 1 is 1.16 bits per heavy atom. The van der Waals surface area contributed by atoms with Crippen molar-refractivity contribution < 1.29 is 9.72 Å². The Hall–Kier alpha value is -2.80. The van der Waals surface area contributed by atoms with E-state index in [1.807, 2.05) is 25.1 Å². The first-order chi connectivity index (χ1) is 12.0. The standard InChI is InChI=1S/C17H19ClN4O3/c1-12(15-4-2-3-5-16(15)18)21-17(23)20-11-10-19-13-6-8-14(9-7-13)22(24)25/h2-9,12,19H,10-11H2,1H3,(H2,20,21,23). The number of nitro groups is 1. The van der Waals surface area contributed by atoms with Gasteiger partial charge in [0.2, 0.25) is 0 Å². The van der Waals surface area contributed by atoms with Crippen molar-refractivity contribution in [3.05, 3.63) is 69.2 Å². The maximum atomic E-state index is 11.9. The molecule has 0 saturated carbocycles. The predicted molar refractivity (Wildman–Crippen MR) is 98.0 cm³/mol. The number of nitro benzene ring substituents is 1. The highest BCUT2D eigenvalue weighted by Crippen LogP contribution is 2.21. The van der Waals surface area contributed by atoms with E-state index in [2.05, 4.69) is 16.0 Å². The number of hydrogen-bond acceptors (Lipinski definition) is 4. The summed E-state index contributed by atoms with van der Waals surface area (Å²) in [6.07, 6.45) is 0. The van der Waals surface area contributed by atoms with Gasteiger partial charge in [0, 0.05) is 35.9 Å². The molecule has 0 heterocycles. The Balaban J connectivity index is 1.71. The fraction of sp³-hybridized carbons (Fsp3) is 0.235. The van der Waals surface area contributed by atoms with Crippen LogP contribution in [0.1, 0.15) is 18.5 Å². The summed E-state index contributed by atoms with van der Waals surface area (Å²) >= 11 is 6.10. The number of benzene rings is 2. The van der Waals surface area contributed by atoms with E-state index in [1.54, 1.807) is 18.2 Å². The van der Waals surface area contributed by atoms with E-state index in [9.17, 15) is 14.9 Å². The largest absolute Gasteiger partial charge is 0.383 e. The first-order valence-corrected chi connectivity index (χ1v) is 8.12. The summed E-state index contributed by atoms with van der Waals surface area (Å²) in [6, 6.07) is 12.9. The zero-order chi connectivity index (χ0) is 18.2. The van der Waals surface area contributed by atoms with E-state index >= 15 is 0 Å². The maximum absolute atomic E-state index is 11.9. The Labute approximate surface area is 150 Å². The van der Waals surface area contributed by atoms with Gasteiger partial charge in [0.15, 0.2) is 0 Å². The van der Waals surface area contributed by atoms with Crippen molar-refractivity contribution >= 4 is 29.0 Å². The summed E-state index contributed by atoms with van der Waals surface area (Å²) in [4.78, 5) is 22.0. The molecule has 25 heavy (non-hydrogen) atoms. The average molecular weight is 363 g/mol. The first kappa shape index (κ1) is 18.5. The molecule has 2 aromatic carbocycles. The van der Waals surface area contributed by atoms with Crippen molar-refractivity contribution in [3.8, 4) is 0 Å². The van der Waals surface area contributed by atoms with Crippen molar-refractivity contribution in [2.75, 3.05) is 18.4 Å². The Bertz CT molecular complexity index is 737. The normalized spacial score (nSPS) is 11.4. The summed E-state index contributed by atoms with van der Waals surface area (Å²) < 4.78 is 0. The third kappa shape index (κ3) is 5.65. The van der Waals surface area contributed by atoms with Crippen LogP contribution in [0.4, 0.5) is 16.2 Å². The lowest BCUT2D eigenvalue weighted by molar-refractivity contribution is -0.384. The number of nitrogens with zero attached hydrogens (tertiary/aromatic N) is 1. The molecule has 7 nitrogen and oxygen atoms in total. The van der Waals surface area contributed by atoms with Gasteiger partial charge in [0.1, 0.15) is 0 Å². The third-order valence-electron chi connectivity index (χ3n) is 3.54. The van der Waals surface area contributed by atoms with Crippen molar-refractivity contribution in [1.82, 2.24) is 10.6 Å². The SMILES string of the molecule is CC(NC(=O)NCCNc1ccc([N+](=O)[O-])cc1)c1ccccc1Cl. The minimum atomic E-state index is -0.449. The van der Waals surface area contributed by atoms with Gasteiger partial charge in [-0.3, -0.25) is 10.1 Å². The number of carbonyl (C=O) groups is 1. The van der Waals surface area contributed by atoms with Crippen LogP contribution in [0.2, 0.25) is 5.02 Å². The highest BCUT2D eigenvalue weighted by molar-refractivity contribution is 6.31. The molecule has 0 saturated heterocycles. The number of anilines is 1. The minimum absolute atomic E-state index is 0.0385. The van der Waals surface area contributed by atoms with E-state index < -0.39 is 4.92 Å². The fourth-order valence-corrected chi connectivity index (χ4v) is 2.53. The monoisotopic (exact) mass is 362 g/mol. The van der Waals surface area contributed by atoms with Gasteiger partial charge in [0.05, 0.1) is 11.0 Å². The molecule has 1 atom stereocenters. The molecular formula is C17H19ClN4O3. The van der Waals surface area contributed by atoms with E-state index in [1.165, 1.54) is 12.1 Å². The van der Waals surface area contributed by atoms with Crippen LogP contribution < -0.4 is 16.0 Å². The topological polar surface area (TPSA) is 96.3 Å². The first-order valence-electron chi connectivity index (χ1n) is 7.74. The highest BCUT2D eigenvalue weighted by atomic mass is 35.5. The number of non-ortho nitro benzene ring substituents is 1. The van der Waals surface area contributed by atoms with E-state index in [4.69, 9.17) is 11.6 Å². The van der Waals surface area contributed by atoms with Crippen molar-refractivity contribution in [1.29, 1.82) is 0 Å². The highest BCUT2D eigenvalue weighted by Gasteiger charge is 2.11. The van der Waals surface area contributed by atoms with Gasteiger partial charge < -0.3 is 16.0 Å². The van der Waals surface area contributed by atoms with Crippen LogP contribution in [0.25, 0.3) is 0 Å². The quantitative estimate of drug-likeness (QED) is 0.397. The summed E-state index contributed by atoms with van der Waals surface area (Å²) in [7, 11) is 0. The summed E-state index contributed by atoms with van der Waals surface area (Å²) in [5.74, 6) is 0. The van der Waals surface area contributed by atoms with Crippen LogP contribution in [0.15, 0.2) is 48.5 Å². The molecule has 2 aromatic rings. The van der Waals surface area contributed by atoms with Gasteiger partial charge in [-0.2, -0.15) is 0 Å². The van der Waals surface area contributed by atoms with Crippen LogP contribution in [0.3, 0.4) is 0 Å². The van der Waals surface area contributed by atoms with Gasteiger partial charge in [-0.25, -0.2) is 4.79 Å². The molecule has 2 amide bonds. The van der Waals surface area contributed by atoms with E-state index in [0.29, 0.717) is 18.1 Å². The lowest BCUT2D eigenvalue weighted by Gasteiger charge is -2.16. The van der Waals surface area contributed by atoms with Gasteiger partial charge in [-0.15, -0.1) is 0 Å². The minimum Gasteiger partial charge on any atom is -0.383 e. The molecular weight excluding hydrogens is 344 g/mol. The number of hydrogen-bond donors (Lipinski definition) is 3. The molecule has 0 fully saturated rings. The zero-order valence-electron chi connectivity index (χ0n) is 13.7. The van der Waals surface area contributed by atoms with Crippen LogP contribution in [-0.2, 0) is 0 Å². The Morgan fingerprint density at radius 2 is 1.84 bits per heavy atom. The number of nitrogens with one attached hydrogen (secondary N) is 3. The molecule has 3 N–H and O–H groups in total. The fourth-order valence-electron chi connectivity index (χ4n) is 2.24. The smallest absolute Gasteiger partial charge is 0.315 e. The molecule has 0 aliphatic heterocycles. The number of carbonyl (C=O) groups excluding carboxylic acids is 1. The third-order valence-corrected chi connectivity index (χ3v) is 3.88. The van der Waals surface area contributed by atoms with Crippen molar-refractivity contribution in [3.63, 3.8) is 0 Å². The maximum Gasteiger partial charge on any atom is 0.315 e. The Kier molecular flexibility index (Phi) is 6.59. The number of urea groups is 1. The van der Waals surface area contributed by atoms with Crippen LogP contribution in [0, 0.1) is 10.1 Å². The summed E-state index contributed by atoms with van der Waals surface area (Å²) in [5.41, 5.74) is 1.64. The van der Waals surface area contributed by atoms with E-state index in [0.717, 1.165) is 11.3 Å². The molecule has 0 aromatic heterocycles. The number of amides is 2. The van der Waals surface area contributed by atoms with Crippen molar-refractivity contribution in [2.45, 2.75) is 13.0 Å². The van der Waals surface area contributed by atoms with Crippen LogP contribution in [-0.4, -0.2) is 24.0 Å². The second-order valence-electron chi connectivity index (χ2n) is 5.37. The lowest BCUT2D eigenvalue weighted by Crippen LogP contribution is -2.39. The van der Waals surface area contributed by atoms with Crippen LogP contribution in [0.5, 0.6) is 0 Å². The average Bonchev–Trinajstić information content (AvgIpc) is 2.59. The number of halogens is 1. The summed E-state index contributed by atoms with van der Waals surface area (Å²) in [5, 5.41) is 19.8. The van der Waals surface area contributed by atoms with Gasteiger partial charge >= 0.3 is 6.03 Å². The Morgan fingerprint density at radius 3 is 2.48 bits per heavy atom. The van der Waals surface area contributed by atoms with Gasteiger partial charge in [-0.1, -0.05) is 29.8 Å². The molecule has 1 unspecified atom stereocenters. The molecule has 0 spiro atoms. The van der Waals surface area contributed by atoms with Crippen molar-refractivity contribution in [2.24, 2.45) is 0 Å². The molecule has 0 radical (unpaired) electrons. The zero-order valence-corrected chi connectivity index (χ0v) is 14.4. The molecule has 0 aliphatic rings. The molecule has 8 heteroatoms. The molecule has 2 rings (SSSR count). The molecule has 132 valence electrons.